The number of phosphoric ester groups is 2. The molecule has 0 aromatic carbocycles. The number of hydrogen-bond donors (Lipinski definition) is 3. The van der Waals surface area contributed by atoms with E-state index < -0.39 is 97.5 Å². The van der Waals surface area contributed by atoms with Gasteiger partial charge in [-0.3, -0.25) is 37.3 Å². The Kier molecular flexibility index (Phi) is 71.8. The summed E-state index contributed by atoms with van der Waals surface area (Å²) >= 11 is 0. The highest BCUT2D eigenvalue weighted by atomic mass is 31.2. The second kappa shape index (κ2) is 73.2. The van der Waals surface area contributed by atoms with Gasteiger partial charge in [-0.25, -0.2) is 9.13 Å². The molecular weight excluding hydrogens is 1330 g/mol. The fraction of sp³-hybridized carbons (Fsp3) is 0.952. The molecule has 0 aliphatic rings. The van der Waals surface area contributed by atoms with Gasteiger partial charge in [-0.1, -0.05) is 382 Å². The van der Waals surface area contributed by atoms with Crippen LogP contribution in [0.5, 0.6) is 0 Å². The molecule has 0 saturated heterocycles. The smallest absolute Gasteiger partial charge is 0.462 e. The summed E-state index contributed by atoms with van der Waals surface area (Å²) in [4.78, 5) is 73.2. The van der Waals surface area contributed by atoms with Crippen molar-refractivity contribution in [3.8, 4) is 0 Å². The molecule has 102 heavy (non-hydrogen) atoms. The first kappa shape index (κ1) is 100. The topological polar surface area (TPSA) is 237 Å². The lowest BCUT2D eigenvalue weighted by Gasteiger charge is -2.21. The van der Waals surface area contributed by atoms with Crippen LogP contribution in [0.25, 0.3) is 0 Å². The molecule has 19 heteroatoms. The van der Waals surface area contributed by atoms with Gasteiger partial charge >= 0.3 is 39.5 Å². The summed E-state index contributed by atoms with van der Waals surface area (Å²) in [5.41, 5.74) is 0. The van der Waals surface area contributed by atoms with Gasteiger partial charge in [-0.2, -0.15) is 0 Å². The number of phosphoric acid groups is 2. The van der Waals surface area contributed by atoms with E-state index in [0.717, 1.165) is 108 Å². The summed E-state index contributed by atoms with van der Waals surface area (Å²) in [6, 6.07) is 0. The second-order valence-corrected chi connectivity index (χ2v) is 33.5. The van der Waals surface area contributed by atoms with E-state index in [1.165, 1.54) is 244 Å². The molecule has 0 radical (unpaired) electrons. The lowest BCUT2D eigenvalue weighted by Crippen LogP contribution is -2.30. The zero-order valence-corrected chi connectivity index (χ0v) is 68.9. The van der Waals surface area contributed by atoms with Crippen molar-refractivity contribution in [2.45, 2.75) is 452 Å². The summed E-state index contributed by atoms with van der Waals surface area (Å²) < 4.78 is 68.8. The summed E-state index contributed by atoms with van der Waals surface area (Å²) in [5, 5.41) is 10.7. The van der Waals surface area contributed by atoms with Gasteiger partial charge < -0.3 is 33.8 Å². The predicted molar refractivity (Wildman–Crippen MR) is 418 cm³/mol. The van der Waals surface area contributed by atoms with Crippen LogP contribution in [-0.4, -0.2) is 96.7 Å². The Bertz CT molecular complexity index is 1980. The van der Waals surface area contributed by atoms with E-state index in [1.807, 2.05) is 0 Å². The van der Waals surface area contributed by atoms with Crippen molar-refractivity contribution in [2.75, 3.05) is 39.6 Å². The minimum Gasteiger partial charge on any atom is -0.462 e. The van der Waals surface area contributed by atoms with Gasteiger partial charge in [0.2, 0.25) is 0 Å². The largest absolute Gasteiger partial charge is 0.472 e. The third kappa shape index (κ3) is 72.3. The van der Waals surface area contributed by atoms with Crippen LogP contribution in [0.2, 0.25) is 0 Å². The number of hydrogen-bond acceptors (Lipinski definition) is 15. The van der Waals surface area contributed by atoms with Crippen molar-refractivity contribution >= 4 is 39.5 Å². The van der Waals surface area contributed by atoms with Crippen molar-refractivity contribution < 1.29 is 80.2 Å². The van der Waals surface area contributed by atoms with Crippen LogP contribution in [0, 0.1) is 17.8 Å². The molecule has 0 fully saturated rings. The Hall–Kier alpha value is -1.94. The van der Waals surface area contributed by atoms with Crippen molar-refractivity contribution in [1.82, 2.24) is 0 Å². The van der Waals surface area contributed by atoms with E-state index in [1.54, 1.807) is 0 Å². The minimum atomic E-state index is -4.96. The summed E-state index contributed by atoms with van der Waals surface area (Å²) in [5.74, 6) is 0.367. The Labute approximate surface area is 626 Å². The molecule has 0 spiro atoms. The van der Waals surface area contributed by atoms with Gasteiger partial charge in [0.1, 0.15) is 19.3 Å². The van der Waals surface area contributed by atoms with Crippen LogP contribution >= 0.6 is 15.6 Å². The van der Waals surface area contributed by atoms with Crippen molar-refractivity contribution in [2.24, 2.45) is 17.8 Å². The van der Waals surface area contributed by atoms with Gasteiger partial charge in [-0.15, -0.1) is 0 Å². The molecular formula is C83H162O17P2. The van der Waals surface area contributed by atoms with Gasteiger partial charge in [0.15, 0.2) is 12.2 Å². The minimum absolute atomic E-state index is 0.107. The molecule has 0 aliphatic carbocycles. The molecule has 0 aromatic rings. The van der Waals surface area contributed by atoms with Gasteiger partial charge in [0, 0.05) is 25.7 Å². The maximum absolute atomic E-state index is 13.1. The molecule has 8 atom stereocenters. The first-order chi connectivity index (χ1) is 49.3. The SMILES string of the molecule is CCCCCCCCCCCCCCCCC(=O)O[C@H](COC(=O)CCCCCCCCCCC(C)CC)COP(=O)(O)OC[C@H](O)COP(=O)(O)OC[C@@H](COC(=O)CCCCCCCCCCCCCCCCC(C)CC)OC(=O)CCCCCCCCCCCCCCCCC(C)CC. The van der Waals surface area contributed by atoms with E-state index in [9.17, 15) is 43.2 Å². The highest BCUT2D eigenvalue weighted by molar-refractivity contribution is 7.47. The van der Waals surface area contributed by atoms with Crippen LogP contribution in [-0.2, 0) is 65.4 Å². The molecule has 0 heterocycles. The third-order valence-electron chi connectivity index (χ3n) is 20.5. The van der Waals surface area contributed by atoms with E-state index >= 15 is 0 Å². The average Bonchev–Trinajstić information content (AvgIpc) is 0.914. The zero-order valence-electron chi connectivity index (χ0n) is 67.1. The Balaban J connectivity index is 5.27. The molecule has 0 rings (SSSR count). The Morgan fingerprint density at radius 2 is 0.471 bits per heavy atom. The molecule has 3 N–H and O–H groups in total. The van der Waals surface area contributed by atoms with Crippen LogP contribution in [0.3, 0.4) is 0 Å². The molecule has 0 saturated carbocycles. The number of carbonyl (C=O) groups is 4. The molecule has 17 nitrogen and oxygen atoms in total. The number of aliphatic hydroxyl groups is 1. The molecule has 0 bridgehead atoms. The fourth-order valence-electron chi connectivity index (χ4n) is 12.7. The predicted octanol–water partition coefficient (Wildman–Crippen LogP) is 24.9. The van der Waals surface area contributed by atoms with Crippen molar-refractivity contribution in [3.05, 3.63) is 0 Å². The fourth-order valence-corrected chi connectivity index (χ4v) is 14.3. The number of rotatable bonds is 81. The highest BCUT2D eigenvalue weighted by Crippen LogP contribution is 2.45. The molecule has 0 amide bonds. The Morgan fingerprint density at radius 3 is 0.696 bits per heavy atom. The van der Waals surface area contributed by atoms with Crippen LogP contribution in [0.15, 0.2) is 0 Å². The number of aliphatic hydroxyl groups excluding tert-OH is 1. The first-order valence-electron chi connectivity index (χ1n) is 43.0. The molecule has 0 aromatic heterocycles. The van der Waals surface area contributed by atoms with E-state index in [-0.39, 0.29) is 25.7 Å². The highest BCUT2D eigenvalue weighted by Gasteiger charge is 2.30. The summed E-state index contributed by atoms with van der Waals surface area (Å²) in [6.07, 6.45) is 62.1. The van der Waals surface area contributed by atoms with Gasteiger partial charge in [0.25, 0.3) is 0 Å². The summed E-state index contributed by atoms with van der Waals surface area (Å²) in [6.45, 7) is 12.1. The number of esters is 4. The maximum Gasteiger partial charge on any atom is 0.472 e. The van der Waals surface area contributed by atoms with Crippen molar-refractivity contribution in [3.63, 3.8) is 0 Å². The Morgan fingerprint density at radius 1 is 0.275 bits per heavy atom. The zero-order chi connectivity index (χ0) is 75.1. The third-order valence-corrected chi connectivity index (χ3v) is 22.4. The van der Waals surface area contributed by atoms with Crippen LogP contribution < -0.4 is 0 Å². The van der Waals surface area contributed by atoms with Crippen molar-refractivity contribution in [1.29, 1.82) is 0 Å². The van der Waals surface area contributed by atoms with E-state index in [2.05, 4.69) is 48.5 Å². The van der Waals surface area contributed by atoms with Crippen LogP contribution in [0.4, 0.5) is 0 Å². The average molecular weight is 1490 g/mol. The second-order valence-electron chi connectivity index (χ2n) is 30.6. The quantitative estimate of drug-likeness (QED) is 0.0222. The number of ether oxygens (including phenoxy) is 4. The lowest BCUT2D eigenvalue weighted by atomic mass is 9.99. The molecule has 0 aliphatic heterocycles. The molecule has 5 unspecified atom stereocenters. The van der Waals surface area contributed by atoms with E-state index in [4.69, 9.17) is 37.0 Å². The lowest BCUT2D eigenvalue weighted by molar-refractivity contribution is -0.161. The van der Waals surface area contributed by atoms with Gasteiger partial charge in [0.05, 0.1) is 26.4 Å². The summed E-state index contributed by atoms with van der Waals surface area (Å²) in [7, 11) is -9.93. The standard InChI is InChI=1S/C83H162O17P2/c1-8-12-13-14-15-16-17-18-25-31-36-45-52-59-66-82(87)100-79(71-94-81(86)65-58-51-44-39-38-42-49-56-63-76(7)11-4)73-98-102(91,92)96-69-77(84)68-95-101(89,90)97-72-78(99-83(88)67-60-53-46-37-32-27-22-20-24-29-34-41-48-55-62-75(6)10-3)70-93-80(85)64-57-50-43-35-30-26-21-19-23-28-33-40-47-54-61-74(5)9-2/h74-79,84H,8-73H2,1-7H3,(H,89,90)(H,91,92)/t74?,75?,76?,77-,78-,79-/m1/s1. The molecule has 606 valence electrons. The number of unbranched alkanes of at least 4 members (excludes halogenated alkanes) is 46. The monoisotopic (exact) mass is 1490 g/mol. The van der Waals surface area contributed by atoms with Gasteiger partial charge in [-0.05, 0) is 43.4 Å². The number of carbonyl (C=O) groups excluding carboxylic acids is 4. The van der Waals surface area contributed by atoms with Crippen LogP contribution in [0.1, 0.15) is 434 Å². The normalized spacial score (nSPS) is 14.7. The first-order valence-corrected chi connectivity index (χ1v) is 46.0. The maximum atomic E-state index is 13.1. The van der Waals surface area contributed by atoms with E-state index in [0.29, 0.717) is 25.7 Å².